The number of ether oxygens (including phenoxy) is 1. The number of aliphatic hydroxyl groups is 2. The summed E-state index contributed by atoms with van der Waals surface area (Å²) in [6.07, 6.45) is -0.280. The largest absolute Gasteiger partial charge is 0.657 e. The normalized spacial score (nSPS) is 18.9. The van der Waals surface area contributed by atoms with E-state index in [0.717, 1.165) is 29.0 Å². The minimum atomic E-state index is -5.66. The zero-order chi connectivity index (χ0) is 69.6. The number of carboxylic acid groups (broad SMARTS) is 3. The van der Waals surface area contributed by atoms with Crippen LogP contribution in [0.25, 0.3) is 35.5 Å². The molecule has 8 heterocycles. The Hall–Kier alpha value is -6.92. The summed E-state index contributed by atoms with van der Waals surface area (Å²) in [6.45, 7) is 7.33. The third-order valence-corrected chi connectivity index (χ3v) is 19.8. The van der Waals surface area contributed by atoms with Gasteiger partial charge in [0.1, 0.15) is 36.3 Å². The molecule has 6 aromatic rings. The molecule has 8 rings (SSSR count). The van der Waals surface area contributed by atoms with Crippen LogP contribution < -0.4 is 57.7 Å². The van der Waals surface area contributed by atoms with Gasteiger partial charge in [-0.05, 0) is 53.4 Å². The number of thioether (sulfide) groups is 1. The molecule has 1 fully saturated rings. The number of rotatable bonds is 31. The number of carbonyl (C=O) groups is 6. The SMILES string of the molecule is Cc1c2[n-]c(c1CCC(=O)O)C=c1[n-]/c(c(CCC(=O)O)c1C)=C/c1[n-]c(c(CCC(=O)O)c1C)/C=c1\[n-]/c(c(CCC(=O)SCCNC(=O)CCNC(=O)C(O)C(C)(C)COP(=O)(O)OP(=O)(O)OCC3OC(n4cnc5c(N)ncnc54)C(O)C3OP(=O)(O)O)c1C)=C\2.[Co]. The molecule has 1 radical (unpaired) electrons. The van der Waals surface area contributed by atoms with Crippen molar-refractivity contribution in [2.45, 2.75) is 130 Å². The fourth-order valence-corrected chi connectivity index (χ4v) is 14.1. The molecule has 2 aliphatic heterocycles. The van der Waals surface area contributed by atoms with Crippen LogP contribution in [0.3, 0.4) is 0 Å². The van der Waals surface area contributed by atoms with Gasteiger partial charge in [-0.25, -0.2) is 28.6 Å². The van der Waals surface area contributed by atoms with Crippen molar-refractivity contribution in [3.05, 3.63) is 101 Å². The van der Waals surface area contributed by atoms with Gasteiger partial charge in [0.15, 0.2) is 22.8 Å². The number of fused-ring (bicyclic) bond motifs is 9. The zero-order valence-electron chi connectivity index (χ0n) is 52.2. The van der Waals surface area contributed by atoms with Crippen LogP contribution in [0.2, 0.25) is 0 Å². The first-order valence-electron chi connectivity index (χ1n) is 29.3. The molecule has 7 unspecified atom stereocenters. The van der Waals surface area contributed by atoms with E-state index in [2.05, 4.69) is 34.4 Å². The molecule has 2 aliphatic rings. The summed E-state index contributed by atoms with van der Waals surface area (Å²) in [5.74, 6) is -4.55. The number of nitrogens with one attached hydrogen (secondary N) is 2. The van der Waals surface area contributed by atoms with Crippen molar-refractivity contribution in [2.24, 2.45) is 5.41 Å². The van der Waals surface area contributed by atoms with Gasteiger partial charge in [-0.2, -0.15) is 4.31 Å². The van der Waals surface area contributed by atoms with Gasteiger partial charge in [0, 0.05) is 73.1 Å². The van der Waals surface area contributed by atoms with Crippen molar-refractivity contribution in [1.82, 2.24) is 50.1 Å². The molecule has 96 heavy (non-hydrogen) atoms. The van der Waals surface area contributed by atoms with E-state index in [4.69, 9.17) is 39.5 Å². The third-order valence-electron chi connectivity index (χ3n) is 15.8. The average Bonchev–Trinajstić information content (AvgIpc) is 1.63. The summed E-state index contributed by atoms with van der Waals surface area (Å²) in [5, 5.41) is 57.6. The Morgan fingerprint density at radius 1 is 0.688 bits per heavy atom. The maximum absolute atomic E-state index is 13.5. The molecule has 0 aromatic carbocycles. The topological polar surface area (TPSA) is 532 Å². The van der Waals surface area contributed by atoms with Gasteiger partial charge in [-0.3, -0.25) is 46.9 Å². The predicted molar refractivity (Wildman–Crippen MR) is 334 cm³/mol. The van der Waals surface area contributed by atoms with Crippen LogP contribution in [0.4, 0.5) is 5.82 Å². The van der Waals surface area contributed by atoms with E-state index in [1.807, 2.05) is 27.7 Å². The van der Waals surface area contributed by atoms with Gasteiger partial charge < -0.3 is 86.1 Å². The van der Waals surface area contributed by atoms with Crippen LogP contribution >= 0.6 is 35.2 Å². The minimum absolute atomic E-state index is 0. The Morgan fingerprint density at radius 2 is 1.20 bits per heavy atom. The Kier molecular flexibility index (Phi) is 25.3. The summed E-state index contributed by atoms with van der Waals surface area (Å²) in [6, 6.07) is 0. The number of phosphoric ester groups is 3. The average molecular weight is 1460 g/mol. The maximum Gasteiger partial charge on any atom is 0.481 e. The fourth-order valence-electron chi connectivity index (χ4n) is 10.6. The second-order valence-corrected chi connectivity index (χ2v) is 28.4. The second-order valence-electron chi connectivity index (χ2n) is 23.0. The van der Waals surface area contributed by atoms with E-state index in [0.29, 0.717) is 88.7 Å². The number of phosphoric acid groups is 3. The van der Waals surface area contributed by atoms with Crippen LogP contribution in [0, 0.1) is 33.1 Å². The third kappa shape index (κ3) is 19.2. The smallest absolute Gasteiger partial charge is 0.481 e. The van der Waals surface area contributed by atoms with E-state index >= 15 is 0 Å². The molecule has 1 saturated heterocycles. The second kappa shape index (κ2) is 31.7. The number of hydrogen-bond acceptors (Lipinski definition) is 21. The molecule has 8 bridgehead atoms. The maximum atomic E-state index is 13.5. The Bertz CT molecular complexity index is 4350. The van der Waals surface area contributed by atoms with Crippen molar-refractivity contribution >= 4 is 111 Å². The molecule has 2 amide bonds. The minimum Gasteiger partial charge on any atom is -0.657 e. The van der Waals surface area contributed by atoms with Crippen LogP contribution in [-0.4, -0.2) is 156 Å². The Morgan fingerprint density at radius 3 is 1.73 bits per heavy atom. The number of aliphatic hydroxyl groups excluding tert-OH is 2. The monoisotopic (exact) mass is 1460 g/mol. The first kappa shape index (κ1) is 76.4. The van der Waals surface area contributed by atoms with Crippen molar-refractivity contribution < 1.29 is 127 Å². The van der Waals surface area contributed by atoms with Gasteiger partial charge in [-0.15, -0.1) is 44.2 Å². The number of aromatic nitrogens is 8. The number of carboxylic acids is 3. The molecule has 13 N–H and O–H groups in total. The molecule has 525 valence electrons. The van der Waals surface area contributed by atoms with Crippen LogP contribution in [0.15, 0.2) is 12.7 Å². The molecule has 0 spiro atoms. The number of hydrogen-bond donors (Lipinski definition) is 12. The van der Waals surface area contributed by atoms with Crippen molar-refractivity contribution in [1.29, 1.82) is 0 Å². The zero-order valence-corrected chi connectivity index (χ0v) is 56.8. The number of carbonyl (C=O) groups excluding carboxylic acids is 3. The molecule has 7 atom stereocenters. The number of nitrogens with zero attached hydrogens (tertiary/aromatic N) is 8. The van der Waals surface area contributed by atoms with Crippen LogP contribution in [-0.2, 0) is 108 Å². The number of nitrogens with two attached hydrogens (primary N) is 1. The number of imidazole rings is 1. The summed E-state index contributed by atoms with van der Waals surface area (Å²) in [4.78, 5) is 146. The standard InChI is InChI=1S/C57H70N11O23P3S.Co/c1-27-31(7-11-45(70)71)39-19-36-28(2)32(8-12-46(72)73)41(65-36)21-38-30(4)34(42(67-38)22-37-29(3)33(9-13-47(74)75)40(66-37)20-35(27)64-39)10-14-48(76)95-18-17-59-44(69)15-16-60-55(79)52(78)57(5,6)24-88-94(85,86)91-93(83,84)87-23-43-51(90-92(80,81)82)50(77)56(89-43)68-26-63-49-53(58)61-25-62-54(49)68;/h19-22,25-26,43,50-52,56,77-78H,7-18,23-24H2,1-6H3,(H,59,69)(H,60,79)(H,70,71)(H,72,73)(H,74,75)(H,83,84)(H,85,86)(H2,58,61,62)(H2,80,81,82);/q-4;/b35-20?,36-19?,37-22?,38-21-,39-19+,40-20?,41-21?,42-22-;. The molecule has 6 aromatic heterocycles. The molecule has 0 aliphatic carbocycles. The number of nitrogen functional groups attached to an aromatic ring is 1. The van der Waals surface area contributed by atoms with E-state index in [-0.39, 0.29) is 116 Å². The molecule has 39 heteroatoms. The predicted octanol–water partition coefficient (Wildman–Crippen LogP) is -0.962. The quantitative estimate of drug-likeness (QED) is 0.0184. The van der Waals surface area contributed by atoms with E-state index in [1.165, 1.54) is 13.8 Å². The number of amides is 2. The first-order valence-corrected chi connectivity index (χ1v) is 34.8. The molecule has 0 saturated carbocycles. The Balaban J connectivity index is 0.0000130. The summed E-state index contributed by atoms with van der Waals surface area (Å²) in [7, 11) is -16.6. The van der Waals surface area contributed by atoms with Crippen molar-refractivity contribution in [2.75, 3.05) is 37.8 Å². The van der Waals surface area contributed by atoms with Crippen molar-refractivity contribution in [3.63, 3.8) is 0 Å². The molecular formula is C57H70CoN11O23P3S-4. The summed E-state index contributed by atoms with van der Waals surface area (Å²) < 4.78 is 63.0. The molecular weight excluding hydrogens is 1390 g/mol. The van der Waals surface area contributed by atoms with E-state index < -0.39 is 102 Å². The fraction of sp³-hybridized carbons (Fsp3) is 0.456. The van der Waals surface area contributed by atoms with Gasteiger partial charge >= 0.3 is 41.4 Å². The van der Waals surface area contributed by atoms with Crippen LogP contribution in [0.5, 0.6) is 0 Å². The van der Waals surface area contributed by atoms with Crippen molar-refractivity contribution in [3.8, 4) is 0 Å². The summed E-state index contributed by atoms with van der Waals surface area (Å²) in [5.41, 5.74) is 11.5. The van der Waals surface area contributed by atoms with E-state index in [1.54, 1.807) is 24.3 Å². The van der Waals surface area contributed by atoms with Gasteiger partial charge in [0.05, 0.1) is 19.5 Å². The van der Waals surface area contributed by atoms with Gasteiger partial charge in [0.25, 0.3) is 0 Å². The van der Waals surface area contributed by atoms with Gasteiger partial charge in [-0.1, -0.05) is 94.4 Å². The van der Waals surface area contributed by atoms with Gasteiger partial charge in [0.2, 0.25) is 11.8 Å². The number of aliphatic carboxylic acids is 3. The van der Waals surface area contributed by atoms with Crippen LogP contribution in [0.1, 0.15) is 119 Å². The first-order chi connectivity index (χ1) is 44.5. The number of anilines is 1. The van der Waals surface area contributed by atoms with E-state index in [9.17, 15) is 87.6 Å². The summed E-state index contributed by atoms with van der Waals surface area (Å²) >= 11 is 0.958. The Labute approximate surface area is 560 Å². The molecule has 34 nitrogen and oxygen atoms in total.